The first-order chi connectivity index (χ1) is 7.59. The summed E-state index contributed by atoms with van der Waals surface area (Å²) in [6.07, 6.45) is 0. The van der Waals surface area contributed by atoms with Gasteiger partial charge in [-0.25, -0.2) is 8.78 Å². The Bertz CT molecular complexity index is 541. The highest BCUT2D eigenvalue weighted by Crippen LogP contribution is 2.33. The molecule has 2 aromatic rings. The number of benzene rings is 2. The molecule has 2 aromatic carbocycles. The van der Waals surface area contributed by atoms with Gasteiger partial charge in [-0.1, -0.05) is 23.7 Å². The number of anilines is 1. The summed E-state index contributed by atoms with van der Waals surface area (Å²) >= 11 is 5.80. The molecule has 16 heavy (non-hydrogen) atoms. The minimum Gasteiger partial charge on any atom is -0.398 e. The molecule has 0 aliphatic rings. The van der Waals surface area contributed by atoms with Gasteiger partial charge in [0, 0.05) is 16.8 Å². The van der Waals surface area contributed by atoms with E-state index in [2.05, 4.69) is 0 Å². The molecule has 0 radical (unpaired) electrons. The summed E-state index contributed by atoms with van der Waals surface area (Å²) in [6.45, 7) is 0. The van der Waals surface area contributed by atoms with Crippen LogP contribution >= 0.6 is 11.6 Å². The quantitative estimate of drug-likeness (QED) is 0.751. The monoisotopic (exact) mass is 239 g/mol. The summed E-state index contributed by atoms with van der Waals surface area (Å²) in [5, 5.41) is -0.0557. The van der Waals surface area contributed by atoms with E-state index in [4.69, 9.17) is 17.3 Å². The molecule has 0 aliphatic carbocycles. The van der Waals surface area contributed by atoms with E-state index in [1.807, 2.05) is 0 Å². The highest BCUT2D eigenvalue weighted by molar-refractivity contribution is 6.33. The Kier molecular flexibility index (Phi) is 2.79. The molecule has 0 saturated carbocycles. The molecule has 0 unspecified atom stereocenters. The molecule has 0 heterocycles. The fourth-order valence-corrected chi connectivity index (χ4v) is 1.70. The molecule has 0 atom stereocenters. The van der Waals surface area contributed by atoms with Gasteiger partial charge in [-0.2, -0.15) is 0 Å². The highest BCUT2D eigenvalue weighted by Gasteiger charge is 2.11. The summed E-state index contributed by atoms with van der Waals surface area (Å²) in [5.74, 6) is -0.993. The average molecular weight is 240 g/mol. The number of hydrogen-bond donors (Lipinski definition) is 1. The topological polar surface area (TPSA) is 26.0 Å². The van der Waals surface area contributed by atoms with Crippen molar-refractivity contribution in [1.82, 2.24) is 0 Å². The van der Waals surface area contributed by atoms with Crippen molar-refractivity contribution in [2.75, 3.05) is 5.73 Å². The molecule has 0 saturated heterocycles. The predicted octanol–water partition coefficient (Wildman–Crippen LogP) is 3.87. The van der Waals surface area contributed by atoms with E-state index < -0.39 is 11.6 Å². The lowest BCUT2D eigenvalue weighted by atomic mass is 10.0. The second kappa shape index (κ2) is 4.10. The van der Waals surface area contributed by atoms with Gasteiger partial charge >= 0.3 is 0 Å². The smallest absolute Gasteiger partial charge is 0.142 e. The van der Waals surface area contributed by atoms with Gasteiger partial charge in [0.05, 0.1) is 5.02 Å². The fourth-order valence-electron chi connectivity index (χ4n) is 1.47. The zero-order valence-electron chi connectivity index (χ0n) is 8.18. The molecule has 0 amide bonds. The predicted molar refractivity (Wildman–Crippen MR) is 61.2 cm³/mol. The zero-order valence-corrected chi connectivity index (χ0v) is 8.93. The van der Waals surface area contributed by atoms with Gasteiger partial charge in [0.1, 0.15) is 11.6 Å². The minimum absolute atomic E-state index is 0.0557. The van der Waals surface area contributed by atoms with Crippen LogP contribution in [0.15, 0.2) is 36.4 Å². The first-order valence-corrected chi connectivity index (χ1v) is 4.97. The third-order valence-electron chi connectivity index (χ3n) is 2.26. The molecule has 0 aromatic heterocycles. The van der Waals surface area contributed by atoms with Crippen LogP contribution in [-0.2, 0) is 0 Å². The highest BCUT2D eigenvalue weighted by atomic mass is 35.5. The number of nitrogens with two attached hydrogens (primary N) is 1. The molecule has 0 spiro atoms. The average Bonchev–Trinajstić information content (AvgIpc) is 2.26. The van der Waals surface area contributed by atoms with Crippen molar-refractivity contribution >= 4 is 17.3 Å². The van der Waals surface area contributed by atoms with Gasteiger partial charge in [-0.05, 0) is 24.3 Å². The van der Waals surface area contributed by atoms with Gasteiger partial charge in [0.15, 0.2) is 0 Å². The summed E-state index contributed by atoms with van der Waals surface area (Å²) < 4.78 is 26.3. The molecule has 0 fully saturated rings. The molecule has 2 rings (SSSR count). The van der Waals surface area contributed by atoms with Crippen LogP contribution in [0.3, 0.4) is 0 Å². The van der Waals surface area contributed by atoms with Gasteiger partial charge in [-0.15, -0.1) is 0 Å². The lowest BCUT2D eigenvalue weighted by molar-refractivity contribution is 0.626. The minimum atomic E-state index is -0.553. The van der Waals surface area contributed by atoms with Gasteiger partial charge in [0.2, 0.25) is 0 Å². The maximum absolute atomic E-state index is 13.2. The Hall–Kier alpha value is -1.61. The van der Waals surface area contributed by atoms with E-state index in [0.717, 1.165) is 0 Å². The van der Waals surface area contributed by atoms with Crippen LogP contribution in [0, 0.1) is 11.6 Å². The van der Waals surface area contributed by atoms with Gasteiger partial charge < -0.3 is 5.73 Å². The van der Waals surface area contributed by atoms with Crippen LogP contribution in [0.5, 0.6) is 0 Å². The van der Waals surface area contributed by atoms with E-state index in [0.29, 0.717) is 16.8 Å². The molecule has 2 N–H and O–H groups in total. The van der Waals surface area contributed by atoms with Gasteiger partial charge in [0.25, 0.3) is 0 Å². The lowest BCUT2D eigenvalue weighted by Gasteiger charge is -2.08. The SMILES string of the molecule is Nc1ccc(F)cc1-c1cccc(F)c1Cl. The Morgan fingerprint density at radius 1 is 1.00 bits per heavy atom. The van der Waals surface area contributed by atoms with E-state index in [9.17, 15) is 8.78 Å². The van der Waals surface area contributed by atoms with Crippen LogP contribution in [0.4, 0.5) is 14.5 Å². The standard InChI is InChI=1S/C12H8ClF2N/c13-12-8(2-1-3-10(12)15)9-6-7(14)4-5-11(9)16/h1-6H,16H2. The summed E-state index contributed by atoms with van der Waals surface area (Å²) in [7, 11) is 0. The number of rotatable bonds is 1. The molecule has 82 valence electrons. The van der Waals surface area contributed by atoms with Crippen LogP contribution in [0.1, 0.15) is 0 Å². The summed E-state index contributed by atoms with van der Waals surface area (Å²) in [4.78, 5) is 0. The maximum atomic E-state index is 13.2. The van der Waals surface area contributed by atoms with Crippen molar-refractivity contribution in [3.63, 3.8) is 0 Å². The molecular weight excluding hydrogens is 232 g/mol. The largest absolute Gasteiger partial charge is 0.398 e. The molecule has 4 heteroatoms. The number of nitrogen functional groups attached to an aromatic ring is 1. The van der Waals surface area contributed by atoms with Crippen molar-refractivity contribution in [2.24, 2.45) is 0 Å². The molecule has 1 nitrogen and oxygen atoms in total. The molecule has 0 aliphatic heterocycles. The third-order valence-corrected chi connectivity index (χ3v) is 2.64. The van der Waals surface area contributed by atoms with E-state index in [1.165, 1.54) is 30.3 Å². The van der Waals surface area contributed by atoms with E-state index >= 15 is 0 Å². The first kappa shape index (κ1) is 10.9. The Morgan fingerprint density at radius 2 is 1.75 bits per heavy atom. The van der Waals surface area contributed by atoms with E-state index in [-0.39, 0.29) is 5.02 Å². The number of hydrogen-bond acceptors (Lipinski definition) is 1. The van der Waals surface area contributed by atoms with Crippen molar-refractivity contribution in [3.05, 3.63) is 53.1 Å². The normalized spacial score (nSPS) is 10.4. The zero-order chi connectivity index (χ0) is 11.7. The first-order valence-electron chi connectivity index (χ1n) is 4.59. The molecular formula is C12H8ClF2N. The fraction of sp³-hybridized carbons (Fsp3) is 0. The Morgan fingerprint density at radius 3 is 2.50 bits per heavy atom. The summed E-state index contributed by atoms with van der Waals surface area (Å²) in [5.41, 5.74) is 6.83. The van der Waals surface area contributed by atoms with Crippen molar-refractivity contribution < 1.29 is 8.78 Å². The second-order valence-electron chi connectivity index (χ2n) is 3.33. The third kappa shape index (κ3) is 1.86. The van der Waals surface area contributed by atoms with E-state index in [1.54, 1.807) is 6.07 Å². The maximum Gasteiger partial charge on any atom is 0.142 e. The van der Waals surface area contributed by atoms with Gasteiger partial charge in [-0.3, -0.25) is 0 Å². The Labute approximate surface area is 96.5 Å². The lowest BCUT2D eigenvalue weighted by Crippen LogP contribution is -1.92. The second-order valence-corrected chi connectivity index (χ2v) is 3.71. The van der Waals surface area contributed by atoms with Crippen LogP contribution in [-0.4, -0.2) is 0 Å². The van der Waals surface area contributed by atoms with Crippen LogP contribution < -0.4 is 5.73 Å². The van der Waals surface area contributed by atoms with Crippen molar-refractivity contribution in [1.29, 1.82) is 0 Å². The van der Waals surface area contributed by atoms with Crippen molar-refractivity contribution in [3.8, 4) is 11.1 Å². The summed E-state index contributed by atoms with van der Waals surface area (Å²) in [6, 6.07) is 8.23. The van der Waals surface area contributed by atoms with Crippen molar-refractivity contribution in [2.45, 2.75) is 0 Å². The Balaban J connectivity index is 2.67. The van der Waals surface area contributed by atoms with Crippen LogP contribution in [0.25, 0.3) is 11.1 Å². The van der Waals surface area contributed by atoms with Crippen LogP contribution in [0.2, 0.25) is 5.02 Å². The number of halogens is 3. The molecule has 0 bridgehead atoms.